The summed E-state index contributed by atoms with van der Waals surface area (Å²) in [5.74, 6) is 6.49. The monoisotopic (exact) mass is 404 g/mol. The Morgan fingerprint density at radius 1 is 0.619 bits per heavy atom. The van der Waals surface area contributed by atoms with Crippen molar-refractivity contribution in [1.82, 2.24) is 0 Å². The molecule has 4 rings (SSSR count). The fraction of sp³-hybridized carbons (Fsp3) is 1.00. The molecule has 0 bridgehead atoms. The second-order valence-corrected chi connectivity index (χ2v) is 14.4. The molecule has 0 N–H and O–H groups in total. The van der Waals surface area contributed by atoms with Crippen LogP contribution in [0.25, 0.3) is 0 Å². The summed E-state index contributed by atoms with van der Waals surface area (Å²) in [6.07, 6.45) is 6.35. The first-order chi connectivity index (χ1) is 9.73. The van der Waals surface area contributed by atoms with Gasteiger partial charge in [-0.2, -0.15) is 0 Å². The van der Waals surface area contributed by atoms with E-state index in [9.17, 15) is 0 Å². The molecule has 0 heterocycles. The van der Waals surface area contributed by atoms with Gasteiger partial charge in [-0.3, -0.25) is 0 Å². The van der Waals surface area contributed by atoms with Crippen LogP contribution in [0.1, 0.15) is 67.2 Å². The van der Waals surface area contributed by atoms with Crippen LogP contribution in [0.4, 0.5) is 0 Å². The molecule has 4 aliphatic rings. The molecule has 1 heteroatoms. The molecule has 0 aromatic rings. The molecule has 0 aromatic heterocycles. The van der Waals surface area contributed by atoms with Crippen molar-refractivity contribution in [3.8, 4) is 0 Å². The summed E-state index contributed by atoms with van der Waals surface area (Å²) in [6.45, 7) is 15.4. The standard InChI is InChI=1S/C20H34Te/c1-11-7-13-15(19(13,3)4)9-17(11)21-18-10-16-14(8-12(18)2)20(16,5)6/h11-18H,7-10H2,1-6H3/t11-,12-,13+,14+,15-,16-,17+,18+/m1/s1. The molecular weight excluding hydrogens is 368 g/mol. The van der Waals surface area contributed by atoms with Gasteiger partial charge in [0, 0.05) is 0 Å². The van der Waals surface area contributed by atoms with Crippen LogP contribution in [-0.2, 0) is 0 Å². The maximum atomic E-state index is 2.59. The molecule has 4 aliphatic carbocycles. The number of hydrogen-bond acceptors (Lipinski definition) is 0. The van der Waals surface area contributed by atoms with Crippen molar-refractivity contribution in [2.24, 2.45) is 46.3 Å². The summed E-state index contributed by atoms with van der Waals surface area (Å²) < 4.78 is 2.34. The Morgan fingerprint density at radius 2 is 0.952 bits per heavy atom. The van der Waals surface area contributed by atoms with Gasteiger partial charge < -0.3 is 0 Å². The summed E-state index contributed by atoms with van der Waals surface area (Å²) in [5.41, 5.74) is 1.41. The minimum atomic E-state index is 0.209. The van der Waals surface area contributed by atoms with Gasteiger partial charge in [0.25, 0.3) is 0 Å². The van der Waals surface area contributed by atoms with Crippen LogP contribution in [0.5, 0.6) is 0 Å². The number of hydrogen-bond donors (Lipinski definition) is 0. The molecule has 0 amide bonds. The Balaban J connectivity index is 1.40. The molecule has 4 fully saturated rings. The number of rotatable bonds is 2. The molecule has 0 radical (unpaired) electrons. The van der Waals surface area contributed by atoms with Gasteiger partial charge in [-0.1, -0.05) is 0 Å². The van der Waals surface area contributed by atoms with Gasteiger partial charge in [-0.25, -0.2) is 0 Å². The van der Waals surface area contributed by atoms with E-state index in [0.717, 1.165) is 35.5 Å². The quantitative estimate of drug-likeness (QED) is 0.522. The second-order valence-electron chi connectivity index (χ2n) is 10.2. The molecule has 0 unspecified atom stereocenters. The molecule has 0 spiro atoms. The summed E-state index contributed by atoms with van der Waals surface area (Å²) >= 11 is 0.209. The average Bonchev–Trinajstić information content (AvgIpc) is 3.13. The Hall–Kier alpha value is 0.790. The van der Waals surface area contributed by atoms with E-state index in [0.29, 0.717) is 10.8 Å². The van der Waals surface area contributed by atoms with Gasteiger partial charge in [-0.05, 0) is 0 Å². The first-order valence-electron chi connectivity index (χ1n) is 9.38. The topological polar surface area (TPSA) is 0 Å². The zero-order valence-electron chi connectivity index (χ0n) is 14.9. The van der Waals surface area contributed by atoms with Gasteiger partial charge in [0.05, 0.1) is 0 Å². The van der Waals surface area contributed by atoms with Gasteiger partial charge in [0.1, 0.15) is 0 Å². The summed E-state index contributed by atoms with van der Waals surface area (Å²) in [5, 5.41) is 0. The van der Waals surface area contributed by atoms with Crippen molar-refractivity contribution < 1.29 is 0 Å². The van der Waals surface area contributed by atoms with Crippen molar-refractivity contribution in [3.63, 3.8) is 0 Å². The molecule has 4 saturated carbocycles. The predicted molar refractivity (Wildman–Crippen MR) is 91.6 cm³/mol. The first kappa shape index (κ1) is 15.3. The van der Waals surface area contributed by atoms with Crippen LogP contribution >= 0.6 is 0 Å². The van der Waals surface area contributed by atoms with Crippen molar-refractivity contribution in [3.05, 3.63) is 0 Å². The van der Waals surface area contributed by atoms with Crippen molar-refractivity contribution >= 4 is 20.9 Å². The van der Waals surface area contributed by atoms with Crippen LogP contribution in [0.3, 0.4) is 0 Å². The fourth-order valence-electron chi connectivity index (χ4n) is 6.26. The third kappa shape index (κ3) is 2.28. The van der Waals surface area contributed by atoms with Crippen molar-refractivity contribution in [2.75, 3.05) is 0 Å². The average molecular weight is 402 g/mol. The zero-order chi connectivity index (χ0) is 15.2. The van der Waals surface area contributed by atoms with E-state index in [4.69, 9.17) is 0 Å². The van der Waals surface area contributed by atoms with Gasteiger partial charge in [0.2, 0.25) is 0 Å². The third-order valence-electron chi connectivity index (χ3n) is 8.42. The van der Waals surface area contributed by atoms with E-state index in [1.165, 1.54) is 7.93 Å². The Labute approximate surface area is 142 Å². The first-order valence-corrected chi connectivity index (χ1v) is 12.1. The van der Waals surface area contributed by atoms with Gasteiger partial charge in [-0.15, -0.1) is 0 Å². The van der Waals surface area contributed by atoms with E-state index < -0.39 is 0 Å². The minimum absolute atomic E-state index is 0.209. The molecule has 21 heavy (non-hydrogen) atoms. The van der Waals surface area contributed by atoms with Crippen LogP contribution in [0, 0.1) is 46.3 Å². The van der Waals surface area contributed by atoms with E-state index in [1.807, 2.05) is 0 Å². The third-order valence-corrected chi connectivity index (χ3v) is 14.2. The Kier molecular flexibility index (Phi) is 3.40. The van der Waals surface area contributed by atoms with Crippen LogP contribution < -0.4 is 0 Å². The zero-order valence-corrected chi connectivity index (χ0v) is 17.2. The van der Waals surface area contributed by atoms with Crippen LogP contribution in [0.2, 0.25) is 7.93 Å². The molecule has 0 aromatic carbocycles. The van der Waals surface area contributed by atoms with Gasteiger partial charge >= 0.3 is 142 Å². The van der Waals surface area contributed by atoms with E-state index >= 15 is 0 Å². The maximum absolute atomic E-state index is 2.59. The van der Waals surface area contributed by atoms with E-state index in [2.05, 4.69) is 41.5 Å². The van der Waals surface area contributed by atoms with Crippen LogP contribution in [-0.4, -0.2) is 20.9 Å². The molecule has 0 nitrogen and oxygen atoms in total. The summed E-state index contributed by atoms with van der Waals surface area (Å²) in [7, 11) is 0. The number of fused-ring (bicyclic) bond motifs is 2. The van der Waals surface area contributed by atoms with Crippen LogP contribution in [0.15, 0.2) is 0 Å². The molecule has 8 atom stereocenters. The molecule has 0 saturated heterocycles. The fourth-order valence-corrected chi connectivity index (χ4v) is 11.5. The predicted octanol–water partition coefficient (Wildman–Crippen LogP) is 5.67. The molecule has 120 valence electrons. The molecule has 0 aliphatic heterocycles. The SMILES string of the molecule is C[C@@H]1C[C@H]2[C@@H](C[C@@H]1[Te][C@H]1C[C@@H]3[C@H](C[C@H]1C)C3(C)C)C2(C)C. The molecular formula is C20H34Te. The van der Waals surface area contributed by atoms with Gasteiger partial charge in [0.15, 0.2) is 0 Å². The Bertz CT molecular complexity index is 397. The van der Waals surface area contributed by atoms with E-state index in [1.54, 1.807) is 25.7 Å². The normalized spacial score (nSPS) is 56.3. The van der Waals surface area contributed by atoms with E-state index in [-0.39, 0.29) is 20.9 Å². The second kappa shape index (κ2) is 4.66. The Morgan fingerprint density at radius 3 is 1.33 bits per heavy atom. The van der Waals surface area contributed by atoms with Crippen molar-refractivity contribution in [2.45, 2.75) is 75.2 Å². The van der Waals surface area contributed by atoms with Crippen molar-refractivity contribution in [1.29, 1.82) is 0 Å². The summed E-state index contributed by atoms with van der Waals surface area (Å²) in [4.78, 5) is 0. The summed E-state index contributed by atoms with van der Waals surface area (Å²) in [6, 6.07) is 0.